The lowest BCUT2D eigenvalue weighted by Crippen LogP contribution is -2.50. The molecule has 0 unspecified atom stereocenters. The number of hydrogen-bond donors (Lipinski definition) is 1. The molecule has 0 aliphatic rings. The van der Waals surface area contributed by atoms with E-state index in [1.54, 1.807) is 18.2 Å². The Labute approximate surface area is 192 Å². The summed E-state index contributed by atoms with van der Waals surface area (Å²) in [6.07, 6.45) is 1.26. The number of halogens is 3. The van der Waals surface area contributed by atoms with Gasteiger partial charge >= 0.3 is 0 Å². The predicted molar refractivity (Wildman–Crippen MR) is 121 cm³/mol. The lowest BCUT2D eigenvalue weighted by molar-refractivity contribution is -0.143. The SMILES string of the molecule is CCCNC(=O)[C@H](CC)N(Cc1ccccc1Cl)C(=O)COc1ccc(Cl)cc1Cl. The van der Waals surface area contributed by atoms with E-state index in [1.165, 1.54) is 11.0 Å². The van der Waals surface area contributed by atoms with Crippen LogP contribution in [0.4, 0.5) is 0 Å². The topological polar surface area (TPSA) is 58.6 Å². The van der Waals surface area contributed by atoms with Gasteiger partial charge in [-0.15, -0.1) is 0 Å². The smallest absolute Gasteiger partial charge is 0.261 e. The summed E-state index contributed by atoms with van der Waals surface area (Å²) < 4.78 is 5.61. The van der Waals surface area contributed by atoms with E-state index in [-0.39, 0.29) is 25.0 Å². The maximum absolute atomic E-state index is 13.1. The average Bonchev–Trinajstić information content (AvgIpc) is 2.72. The van der Waals surface area contributed by atoms with Crippen molar-refractivity contribution in [1.29, 1.82) is 0 Å². The molecule has 1 atom stereocenters. The van der Waals surface area contributed by atoms with E-state index in [0.717, 1.165) is 12.0 Å². The van der Waals surface area contributed by atoms with Gasteiger partial charge in [-0.1, -0.05) is 66.8 Å². The van der Waals surface area contributed by atoms with Gasteiger partial charge in [-0.2, -0.15) is 0 Å². The van der Waals surface area contributed by atoms with Gasteiger partial charge in [-0.25, -0.2) is 0 Å². The largest absolute Gasteiger partial charge is 0.482 e. The highest BCUT2D eigenvalue weighted by atomic mass is 35.5. The minimum absolute atomic E-state index is 0.189. The van der Waals surface area contributed by atoms with Crippen molar-refractivity contribution in [3.8, 4) is 5.75 Å². The highest BCUT2D eigenvalue weighted by Gasteiger charge is 2.29. The third-order valence-corrected chi connectivity index (χ3v) is 5.38. The van der Waals surface area contributed by atoms with Gasteiger partial charge in [0.05, 0.1) is 5.02 Å². The fourth-order valence-electron chi connectivity index (χ4n) is 2.91. The predicted octanol–water partition coefficient (Wildman–Crippen LogP) is 5.36. The number of carbonyl (C=O) groups is 2. The van der Waals surface area contributed by atoms with Crippen LogP contribution in [0.15, 0.2) is 42.5 Å². The lowest BCUT2D eigenvalue weighted by Gasteiger charge is -2.30. The normalized spacial score (nSPS) is 11.6. The van der Waals surface area contributed by atoms with Crippen LogP contribution in [-0.2, 0) is 16.1 Å². The summed E-state index contributed by atoms with van der Waals surface area (Å²) in [5.41, 5.74) is 0.749. The zero-order valence-electron chi connectivity index (χ0n) is 17.0. The monoisotopic (exact) mass is 470 g/mol. The molecule has 30 heavy (non-hydrogen) atoms. The van der Waals surface area contributed by atoms with Crippen LogP contribution < -0.4 is 10.1 Å². The van der Waals surface area contributed by atoms with Crippen LogP contribution in [0.1, 0.15) is 32.3 Å². The lowest BCUT2D eigenvalue weighted by atomic mass is 10.1. The zero-order valence-corrected chi connectivity index (χ0v) is 19.2. The van der Waals surface area contributed by atoms with Crippen molar-refractivity contribution >= 4 is 46.6 Å². The van der Waals surface area contributed by atoms with E-state index in [0.29, 0.717) is 33.8 Å². The van der Waals surface area contributed by atoms with Gasteiger partial charge in [-0.3, -0.25) is 9.59 Å². The molecule has 8 heteroatoms. The Bertz CT molecular complexity index is 876. The number of nitrogens with one attached hydrogen (secondary N) is 1. The molecular formula is C22H25Cl3N2O3. The summed E-state index contributed by atoms with van der Waals surface area (Å²) in [4.78, 5) is 27.3. The fourth-order valence-corrected chi connectivity index (χ4v) is 3.57. The Balaban J connectivity index is 2.22. The van der Waals surface area contributed by atoms with Crippen molar-refractivity contribution in [2.45, 2.75) is 39.3 Å². The first-order chi connectivity index (χ1) is 14.4. The molecule has 162 valence electrons. The average molecular weight is 472 g/mol. The first kappa shape index (κ1) is 24.3. The fraction of sp³-hybridized carbons (Fsp3) is 0.364. The van der Waals surface area contributed by atoms with E-state index in [4.69, 9.17) is 39.5 Å². The van der Waals surface area contributed by atoms with Crippen molar-refractivity contribution in [1.82, 2.24) is 10.2 Å². The standard InChI is InChI=1S/C22H25Cl3N2O3/c1-3-11-26-22(29)19(4-2)27(13-15-7-5-6-8-17(15)24)21(28)14-30-20-10-9-16(23)12-18(20)25/h5-10,12,19H,3-4,11,13-14H2,1-2H3,(H,26,29)/t19-/m0/s1. The molecule has 2 aromatic rings. The van der Waals surface area contributed by atoms with Gasteiger partial charge in [0.25, 0.3) is 5.91 Å². The van der Waals surface area contributed by atoms with Crippen LogP contribution in [0.25, 0.3) is 0 Å². The molecule has 0 aromatic heterocycles. The van der Waals surface area contributed by atoms with Gasteiger partial charge in [0.2, 0.25) is 5.91 Å². The second-order valence-corrected chi connectivity index (χ2v) is 7.94. The van der Waals surface area contributed by atoms with E-state index in [2.05, 4.69) is 5.32 Å². The summed E-state index contributed by atoms with van der Waals surface area (Å²) in [5.74, 6) is -0.209. The summed E-state index contributed by atoms with van der Waals surface area (Å²) in [5, 5.41) is 4.17. The molecule has 0 heterocycles. The zero-order chi connectivity index (χ0) is 22.1. The molecule has 0 aliphatic carbocycles. The molecular weight excluding hydrogens is 447 g/mol. The molecule has 0 fully saturated rings. The minimum atomic E-state index is -0.649. The van der Waals surface area contributed by atoms with Crippen LogP contribution in [0.2, 0.25) is 15.1 Å². The summed E-state index contributed by atoms with van der Waals surface area (Å²) in [7, 11) is 0. The van der Waals surface area contributed by atoms with Crippen molar-refractivity contribution < 1.29 is 14.3 Å². The van der Waals surface area contributed by atoms with Gasteiger partial charge < -0.3 is 15.0 Å². The van der Waals surface area contributed by atoms with Crippen molar-refractivity contribution in [2.75, 3.05) is 13.2 Å². The van der Waals surface area contributed by atoms with Crippen molar-refractivity contribution in [3.63, 3.8) is 0 Å². The van der Waals surface area contributed by atoms with E-state index >= 15 is 0 Å². The molecule has 2 aromatic carbocycles. The molecule has 0 radical (unpaired) electrons. The Hall–Kier alpha value is -1.95. The molecule has 5 nitrogen and oxygen atoms in total. The second-order valence-electron chi connectivity index (χ2n) is 6.69. The molecule has 1 N–H and O–H groups in total. The van der Waals surface area contributed by atoms with Gasteiger partial charge in [0, 0.05) is 23.1 Å². The van der Waals surface area contributed by atoms with Crippen LogP contribution in [-0.4, -0.2) is 35.9 Å². The number of hydrogen-bond acceptors (Lipinski definition) is 3. The van der Waals surface area contributed by atoms with Crippen molar-refractivity contribution in [3.05, 3.63) is 63.1 Å². The first-order valence-corrected chi connectivity index (χ1v) is 10.9. The van der Waals surface area contributed by atoms with E-state index in [9.17, 15) is 9.59 Å². The number of rotatable bonds is 10. The van der Waals surface area contributed by atoms with Gasteiger partial charge in [-0.05, 0) is 42.7 Å². The number of nitrogens with zero attached hydrogens (tertiary/aromatic N) is 1. The molecule has 0 saturated carbocycles. The molecule has 0 aliphatic heterocycles. The maximum atomic E-state index is 13.1. The molecule has 2 amide bonds. The highest BCUT2D eigenvalue weighted by Crippen LogP contribution is 2.28. The number of carbonyl (C=O) groups excluding carboxylic acids is 2. The van der Waals surface area contributed by atoms with Crippen LogP contribution in [0, 0.1) is 0 Å². The third kappa shape index (κ3) is 6.79. The van der Waals surface area contributed by atoms with Gasteiger partial charge in [0.15, 0.2) is 6.61 Å². The van der Waals surface area contributed by atoms with Crippen LogP contribution in [0.3, 0.4) is 0 Å². The van der Waals surface area contributed by atoms with Gasteiger partial charge in [0.1, 0.15) is 11.8 Å². The van der Waals surface area contributed by atoms with Crippen LogP contribution >= 0.6 is 34.8 Å². The number of benzene rings is 2. The molecule has 0 spiro atoms. The second kappa shape index (κ2) is 12.0. The van der Waals surface area contributed by atoms with E-state index in [1.807, 2.05) is 32.0 Å². The first-order valence-electron chi connectivity index (χ1n) is 9.75. The Morgan fingerprint density at radius 3 is 2.43 bits per heavy atom. The molecule has 0 bridgehead atoms. The highest BCUT2D eigenvalue weighted by molar-refractivity contribution is 6.35. The number of amides is 2. The third-order valence-electron chi connectivity index (χ3n) is 4.48. The quantitative estimate of drug-likeness (QED) is 0.507. The summed E-state index contributed by atoms with van der Waals surface area (Å²) >= 11 is 18.3. The minimum Gasteiger partial charge on any atom is -0.482 e. The Kier molecular flexibility index (Phi) is 9.76. The summed E-state index contributed by atoms with van der Waals surface area (Å²) in [6.45, 7) is 4.29. The van der Waals surface area contributed by atoms with E-state index < -0.39 is 6.04 Å². The maximum Gasteiger partial charge on any atom is 0.261 e. The van der Waals surface area contributed by atoms with Crippen LogP contribution in [0.5, 0.6) is 5.75 Å². The van der Waals surface area contributed by atoms with Crippen molar-refractivity contribution in [2.24, 2.45) is 0 Å². The Morgan fingerprint density at radius 2 is 1.80 bits per heavy atom. The number of ether oxygens (including phenoxy) is 1. The Morgan fingerprint density at radius 1 is 1.07 bits per heavy atom. The molecule has 0 saturated heterocycles. The summed E-state index contributed by atoms with van der Waals surface area (Å²) in [6, 6.07) is 11.4. The molecule has 2 rings (SSSR count).